The van der Waals surface area contributed by atoms with Gasteiger partial charge in [0, 0.05) is 32.9 Å². The van der Waals surface area contributed by atoms with Crippen molar-refractivity contribution in [1.82, 2.24) is 9.13 Å². The number of fused-ring (bicyclic) bond motifs is 10. The first-order valence-electron chi connectivity index (χ1n) is 20.1. The molecule has 2 nitrogen and oxygen atoms in total. The van der Waals surface area contributed by atoms with Crippen molar-refractivity contribution in [3.63, 3.8) is 0 Å². The molecule has 0 radical (unpaired) electrons. The molecule has 13 rings (SSSR count). The highest BCUT2D eigenvalue weighted by molar-refractivity contribution is 6.17. The van der Waals surface area contributed by atoms with E-state index in [0.717, 1.165) is 5.69 Å². The summed E-state index contributed by atoms with van der Waals surface area (Å²) in [5.41, 5.74) is 17.3. The normalized spacial score (nSPS) is 12.1. The van der Waals surface area contributed by atoms with Gasteiger partial charge in [0.15, 0.2) is 0 Å². The molecule has 1 aliphatic carbocycles. The molecule has 0 N–H and O–H groups in total. The molecule has 58 heavy (non-hydrogen) atoms. The molecular weight excluding hydrogens is 701 g/mol. The van der Waals surface area contributed by atoms with E-state index >= 15 is 0 Å². The van der Waals surface area contributed by atoms with E-state index in [9.17, 15) is 0 Å². The Morgan fingerprint density at radius 3 is 1.50 bits per heavy atom. The van der Waals surface area contributed by atoms with Crippen molar-refractivity contribution in [2.75, 3.05) is 0 Å². The molecule has 2 heteroatoms. The Kier molecular flexibility index (Phi) is 6.47. The lowest BCUT2D eigenvalue weighted by molar-refractivity contribution is 1.18. The fraction of sp³-hybridized carbons (Fsp3) is 0. The number of hydrogen-bond acceptors (Lipinski definition) is 0. The standard InChI is InChI=1S/C56H34N2/c1-2-12-36-30-43(26-23-35(36)11-1)58-53-22-8-6-19-47(53)50-33-39(25-28-55(50)58)38-24-27-54-49(32-38)46-18-5-7-21-52(46)57(54)42-15-9-13-37(31-42)41-29-40-14-10-20-48-44-16-3-4-17-45(44)51(34-41)56(40)48/h1-34H. The molecule has 0 atom stereocenters. The highest BCUT2D eigenvalue weighted by Gasteiger charge is 2.22. The highest BCUT2D eigenvalue weighted by atomic mass is 15.0. The number of para-hydroxylation sites is 2. The van der Waals surface area contributed by atoms with Gasteiger partial charge in [-0.3, -0.25) is 0 Å². The summed E-state index contributed by atoms with van der Waals surface area (Å²) in [6.45, 7) is 0. The smallest absolute Gasteiger partial charge is 0.0541 e. The summed E-state index contributed by atoms with van der Waals surface area (Å²) >= 11 is 0. The SMILES string of the molecule is c1cc(-c2cc3c4c(cccc4c2)-c2ccccc2-3)cc(-n2c3ccccc3c3cc(-c4ccc5c(c4)c4ccccc4n5-c4ccc5ccccc5c4)ccc32)c1. The van der Waals surface area contributed by atoms with Gasteiger partial charge in [-0.2, -0.15) is 0 Å². The molecule has 268 valence electrons. The first-order valence-corrected chi connectivity index (χ1v) is 20.1. The minimum Gasteiger partial charge on any atom is -0.309 e. The first kappa shape index (κ1) is 31.5. The second kappa shape index (κ2) is 11.9. The molecule has 0 saturated carbocycles. The van der Waals surface area contributed by atoms with Crippen LogP contribution in [0.5, 0.6) is 0 Å². The lowest BCUT2D eigenvalue weighted by Gasteiger charge is -2.12. The van der Waals surface area contributed by atoms with Crippen LogP contribution in [0.15, 0.2) is 206 Å². The van der Waals surface area contributed by atoms with Gasteiger partial charge in [-0.25, -0.2) is 0 Å². The van der Waals surface area contributed by atoms with E-state index < -0.39 is 0 Å². The predicted octanol–water partition coefficient (Wildman–Crippen LogP) is 15.2. The Balaban J connectivity index is 0.945. The molecule has 0 unspecified atom stereocenters. The molecule has 0 fully saturated rings. The van der Waals surface area contributed by atoms with E-state index in [4.69, 9.17) is 0 Å². The van der Waals surface area contributed by atoms with Gasteiger partial charge in [0.25, 0.3) is 0 Å². The van der Waals surface area contributed by atoms with Crippen molar-refractivity contribution in [2.24, 2.45) is 0 Å². The Morgan fingerprint density at radius 1 is 0.241 bits per heavy atom. The summed E-state index contributed by atoms with van der Waals surface area (Å²) < 4.78 is 4.85. The lowest BCUT2D eigenvalue weighted by atomic mass is 9.96. The Bertz CT molecular complexity index is 3690. The maximum atomic E-state index is 2.44. The third-order valence-electron chi connectivity index (χ3n) is 12.6. The molecule has 2 heterocycles. The molecule has 2 aromatic heterocycles. The van der Waals surface area contributed by atoms with Crippen molar-refractivity contribution >= 4 is 65.2 Å². The van der Waals surface area contributed by atoms with E-state index in [2.05, 4.69) is 215 Å². The summed E-state index contributed by atoms with van der Waals surface area (Å²) in [7, 11) is 0. The summed E-state index contributed by atoms with van der Waals surface area (Å²) in [4.78, 5) is 0. The van der Waals surface area contributed by atoms with E-state index in [-0.39, 0.29) is 0 Å². The maximum absolute atomic E-state index is 2.44. The van der Waals surface area contributed by atoms with Crippen LogP contribution >= 0.6 is 0 Å². The highest BCUT2D eigenvalue weighted by Crippen LogP contribution is 2.49. The summed E-state index contributed by atoms with van der Waals surface area (Å²) in [6, 6.07) is 76.3. The number of benzene rings is 10. The van der Waals surface area contributed by atoms with Gasteiger partial charge in [-0.15, -0.1) is 0 Å². The van der Waals surface area contributed by atoms with Gasteiger partial charge in [0.2, 0.25) is 0 Å². The zero-order chi connectivity index (χ0) is 37.9. The van der Waals surface area contributed by atoms with Gasteiger partial charge < -0.3 is 9.13 Å². The van der Waals surface area contributed by atoms with Crippen LogP contribution < -0.4 is 0 Å². The maximum Gasteiger partial charge on any atom is 0.0541 e. The fourth-order valence-electron chi connectivity index (χ4n) is 9.99. The second-order valence-corrected chi connectivity index (χ2v) is 15.7. The average molecular weight is 735 g/mol. The largest absolute Gasteiger partial charge is 0.309 e. The quantitative estimate of drug-likeness (QED) is 0.170. The van der Waals surface area contributed by atoms with Crippen molar-refractivity contribution in [1.29, 1.82) is 0 Å². The number of hydrogen-bond donors (Lipinski definition) is 0. The Hall–Kier alpha value is -7.68. The van der Waals surface area contributed by atoms with Crippen LogP contribution in [-0.2, 0) is 0 Å². The summed E-state index contributed by atoms with van der Waals surface area (Å²) in [6.07, 6.45) is 0. The zero-order valence-electron chi connectivity index (χ0n) is 31.5. The van der Waals surface area contributed by atoms with Crippen molar-refractivity contribution in [3.05, 3.63) is 206 Å². The third-order valence-corrected chi connectivity index (χ3v) is 12.6. The van der Waals surface area contributed by atoms with E-state index in [1.807, 2.05) is 0 Å². The predicted molar refractivity (Wildman–Crippen MR) is 245 cm³/mol. The van der Waals surface area contributed by atoms with E-state index in [1.54, 1.807) is 0 Å². The third kappa shape index (κ3) is 4.48. The van der Waals surface area contributed by atoms with Crippen molar-refractivity contribution in [2.45, 2.75) is 0 Å². The van der Waals surface area contributed by atoms with Gasteiger partial charge in [-0.05, 0) is 139 Å². The fourth-order valence-corrected chi connectivity index (χ4v) is 9.99. The Labute approximate surface area is 335 Å². The second-order valence-electron chi connectivity index (χ2n) is 15.7. The minimum absolute atomic E-state index is 1.16. The monoisotopic (exact) mass is 734 g/mol. The molecule has 0 spiro atoms. The number of nitrogens with zero attached hydrogens (tertiary/aromatic N) is 2. The first-order chi connectivity index (χ1) is 28.7. The van der Waals surface area contributed by atoms with Crippen LogP contribution in [0, 0.1) is 0 Å². The molecular formula is C56H34N2. The van der Waals surface area contributed by atoms with Gasteiger partial charge in [0.1, 0.15) is 0 Å². The van der Waals surface area contributed by atoms with Crippen LogP contribution in [0.3, 0.4) is 0 Å². The topological polar surface area (TPSA) is 9.86 Å². The average Bonchev–Trinajstić information content (AvgIpc) is 3.92. The molecule has 1 aliphatic rings. The zero-order valence-corrected chi connectivity index (χ0v) is 31.5. The van der Waals surface area contributed by atoms with Crippen molar-refractivity contribution < 1.29 is 0 Å². The van der Waals surface area contributed by atoms with Crippen molar-refractivity contribution in [3.8, 4) is 55.9 Å². The number of aromatic nitrogens is 2. The van der Waals surface area contributed by atoms with Crippen LogP contribution in [-0.4, -0.2) is 9.13 Å². The minimum atomic E-state index is 1.16. The van der Waals surface area contributed by atoms with E-state index in [1.165, 1.54) is 115 Å². The molecule has 0 saturated heterocycles. The van der Waals surface area contributed by atoms with Crippen LogP contribution in [0.2, 0.25) is 0 Å². The van der Waals surface area contributed by atoms with Crippen LogP contribution in [0.1, 0.15) is 0 Å². The molecule has 12 aromatic rings. The lowest BCUT2D eigenvalue weighted by Crippen LogP contribution is -1.94. The summed E-state index contributed by atoms with van der Waals surface area (Å²) in [5, 5.41) is 10.2. The molecule has 0 aliphatic heterocycles. The van der Waals surface area contributed by atoms with Gasteiger partial charge in [0.05, 0.1) is 22.1 Å². The Morgan fingerprint density at radius 2 is 0.776 bits per heavy atom. The van der Waals surface area contributed by atoms with Gasteiger partial charge >= 0.3 is 0 Å². The summed E-state index contributed by atoms with van der Waals surface area (Å²) in [5.74, 6) is 0. The van der Waals surface area contributed by atoms with Crippen LogP contribution in [0.25, 0.3) is 121 Å². The van der Waals surface area contributed by atoms with Gasteiger partial charge in [-0.1, -0.05) is 133 Å². The number of rotatable bonds is 4. The molecule has 10 aromatic carbocycles. The molecule has 0 amide bonds. The molecule has 0 bridgehead atoms. The van der Waals surface area contributed by atoms with Crippen LogP contribution in [0.4, 0.5) is 0 Å². The van der Waals surface area contributed by atoms with E-state index in [0.29, 0.717) is 0 Å².